The number of anilines is 1. The largest absolute Gasteiger partial charge is 0.469 e. The molecule has 0 fully saturated rings. The van der Waals surface area contributed by atoms with Crippen LogP contribution < -0.4 is 10.0 Å². The van der Waals surface area contributed by atoms with Crippen molar-refractivity contribution in [3.05, 3.63) is 46.4 Å². The Kier molecular flexibility index (Phi) is 4.67. The molecule has 0 aliphatic carbocycles. The summed E-state index contributed by atoms with van der Waals surface area (Å²) in [6.07, 6.45) is 3.30. The lowest BCUT2D eigenvalue weighted by Crippen LogP contribution is -2.24. The summed E-state index contributed by atoms with van der Waals surface area (Å²) in [5.74, 6) is 0.527. The Bertz CT molecular complexity index is 889. The van der Waals surface area contributed by atoms with Crippen LogP contribution in [0.3, 0.4) is 0 Å². The van der Waals surface area contributed by atoms with E-state index in [0.29, 0.717) is 30.7 Å². The molecule has 0 saturated heterocycles. The molecule has 8 heteroatoms. The lowest BCUT2D eigenvalue weighted by molar-refractivity contribution is -0.116. The fourth-order valence-electron chi connectivity index (χ4n) is 2.62. The number of halogens is 1. The summed E-state index contributed by atoms with van der Waals surface area (Å²) >= 11 is 6.18. The van der Waals surface area contributed by atoms with Gasteiger partial charge in [0.25, 0.3) is 0 Å². The number of hydrogen-bond donors (Lipinski definition) is 2. The molecule has 0 saturated carbocycles. The topological polar surface area (TPSA) is 88.4 Å². The third kappa shape index (κ3) is 3.48. The van der Waals surface area contributed by atoms with Gasteiger partial charge in [-0.1, -0.05) is 11.6 Å². The number of benzene rings is 1. The Morgan fingerprint density at radius 2 is 2.12 bits per heavy atom. The van der Waals surface area contributed by atoms with E-state index in [4.69, 9.17) is 16.0 Å². The van der Waals surface area contributed by atoms with E-state index >= 15 is 0 Å². The summed E-state index contributed by atoms with van der Waals surface area (Å²) in [4.78, 5) is 11.6. The number of hydrogen-bond acceptors (Lipinski definition) is 4. The van der Waals surface area contributed by atoms with E-state index in [-0.39, 0.29) is 22.4 Å². The molecule has 0 spiro atoms. The number of sulfonamides is 1. The average Bonchev–Trinajstić information content (AvgIpc) is 2.83. The highest BCUT2D eigenvalue weighted by Crippen LogP contribution is 2.31. The predicted octanol–water partition coefficient (Wildman–Crippen LogP) is 2.99. The molecule has 3 rings (SSSR count). The minimum atomic E-state index is -3.82. The summed E-state index contributed by atoms with van der Waals surface area (Å²) < 4.78 is 32.8. The number of carbonyl (C=O) groups excluding carboxylic acids is 1. The summed E-state index contributed by atoms with van der Waals surface area (Å²) in [6, 6.07) is 4.74. The van der Waals surface area contributed by atoms with Gasteiger partial charge in [0.1, 0.15) is 10.7 Å². The van der Waals surface area contributed by atoms with Crippen LogP contribution in [0.5, 0.6) is 0 Å². The van der Waals surface area contributed by atoms with Gasteiger partial charge in [-0.15, -0.1) is 0 Å². The standard InChI is InChI=1S/C16H17ClN2O4S/c1-10-12(5-6-23-10)9-18-24(21,22)15-8-14-11(7-13(15)17)3-2-4-16(20)19-14/h5-8,18H,2-4,9H2,1H3,(H,19,20). The van der Waals surface area contributed by atoms with Gasteiger partial charge in [-0.05, 0) is 43.5 Å². The number of carbonyl (C=O) groups is 1. The molecule has 0 atom stereocenters. The molecule has 0 bridgehead atoms. The van der Waals surface area contributed by atoms with E-state index in [1.165, 1.54) is 12.3 Å². The van der Waals surface area contributed by atoms with Crippen molar-refractivity contribution in [2.24, 2.45) is 0 Å². The van der Waals surface area contributed by atoms with Gasteiger partial charge in [0.2, 0.25) is 15.9 Å². The van der Waals surface area contributed by atoms with Gasteiger partial charge in [-0.25, -0.2) is 13.1 Å². The van der Waals surface area contributed by atoms with Gasteiger partial charge < -0.3 is 9.73 Å². The molecule has 1 aliphatic heterocycles. The third-order valence-electron chi connectivity index (χ3n) is 3.99. The Morgan fingerprint density at radius 1 is 1.33 bits per heavy atom. The molecule has 1 aliphatic rings. The third-order valence-corrected chi connectivity index (χ3v) is 5.86. The first-order valence-corrected chi connectivity index (χ1v) is 9.38. The van der Waals surface area contributed by atoms with Crippen LogP contribution in [0.2, 0.25) is 5.02 Å². The maximum absolute atomic E-state index is 12.6. The van der Waals surface area contributed by atoms with Crippen molar-refractivity contribution in [1.82, 2.24) is 4.72 Å². The maximum atomic E-state index is 12.6. The van der Waals surface area contributed by atoms with Crippen molar-refractivity contribution in [1.29, 1.82) is 0 Å². The zero-order valence-electron chi connectivity index (χ0n) is 13.1. The number of amides is 1. The molecule has 1 aromatic heterocycles. The van der Waals surface area contributed by atoms with Gasteiger partial charge in [-0.3, -0.25) is 4.79 Å². The quantitative estimate of drug-likeness (QED) is 0.868. The zero-order chi connectivity index (χ0) is 17.3. The van der Waals surface area contributed by atoms with E-state index in [0.717, 1.165) is 11.1 Å². The molecule has 1 aromatic carbocycles. The SMILES string of the molecule is Cc1occc1CNS(=O)(=O)c1cc2c(cc1Cl)CCCC(=O)N2. The van der Waals surface area contributed by atoms with Crippen LogP contribution in [0.25, 0.3) is 0 Å². The van der Waals surface area contributed by atoms with Gasteiger partial charge in [-0.2, -0.15) is 0 Å². The molecule has 128 valence electrons. The van der Waals surface area contributed by atoms with Crippen LogP contribution in [0.4, 0.5) is 5.69 Å². The summed E-state index contributed by atoms with van der Waals surface area (Å²) in [5.41, 5.74) is 2.09. The number of aryl methyl sites for hydroxylation is 2. The van der Waals surface area contributed by atoms with E-state index in [9.17, 15) is 13.2 Å². The predicted molar refractivity (Wildman–Crippen MR) is 90.5 cm³/mol. The Hall–Kier alpha value is -1.83. The molecule has 2 N–H and O–H groups in total. The Labute approximate surface area is 145 Å². The second kappa shape index (κ2) is 6.58. The highest BCUT2D eigenvalue weighted by atomic mass is 35.5. The second-order valence-corrected chi connectivity index (χ2v) is 7.81. The molecular formula is C16H17ClN2O4S. The van der Waals surface area contributed by atoms with Gasteiger partial charge in [0.15, 0.2) is 0 Å². The van der Waals surface area contributed by atoms with Crippen LogP contribution in [0.1, 0.15) is 29.7 Å². The molecule has 0 unspecified atom stereocenters. The van der Waals surface area contributed by atoms with Crippen molar-refractivity contribution < 1.29 is 17.6 Å². The first-order valence-electron chi connectivity index (χ1n) is 7.52. The van der Waals surface area contributed by atoms with Crippen LogP contribution in [0, 0.1) is 6.92 Å². The average molecular weight is 369 g/mol. The first-order chi connectivity index (χ1) is 11.4. The van der Waals surface area contributed by atoms with Gasteiger partial charge in [0.05, 0.1) is 11.3 Å². The molecule has 6 nitrogen and oxygen atoms in total. The van der Waals surface area contributed by atoms with Crippen molar-refractivity contribution in [2.75, 3.05) is 5.32 Å². The normalized spacial score (nSPS) is 14.8. The van der Waals surface area contributed by atoms with Crippen LogP contribution in [-0.2, 0) is 27.8 Å². The molecule has 1 amide bonds. The number of fused-ring (bicyclic) bond motifs is 1. The Balaban J connectivity index is 1.90. The first kappa shape index (κ1) is 17.0. The summed E-state index contributed by atoms with van der Waals surface area (Å²) in [5, 5.41) is 2.88. The van der Waals surface area contributed by atoms with Crippen molar-refractivity contribution >= 4 is 33.2 Å². The second-order valence-electron chi connectivity index (χ2n) is 5.67. The van der Waals surface area contributed by atoms with E-state index in [1.54, 1.807) is 19.1 Å². The van der Waals surface area contributed by atoms with Gasteiger partial charge >= 0.3 is 0 Å². The highest BCUT2D eigenvalue weighted by Gasteiger charge is 2.23. The zero-order valence-corrected chi connectivity index (χ0v) is 14.6. The molecular weight excluding hydrogens is 352 g/mol. The molecule has 2 aromatic rings. The number of nitrogens with one attached hydrogen (secondary N) is 2. The van der Waals surface area contributed by atoms with Crippen molar-refractivity contribution in [2.45, 2.75) is 37.6 Å². The summed E-state index contributed by atoms with van der Waals surface area (Å²) in [7, 11) is -3.82. The van der Waals surface area contributed by atoms with Gasteiger partial charge in [0, 0.05) is 24.2 Å². The molecule has 24 heavy (non-hydrogen) atoms. The van der Waals surface area contributed by atoms with E-state index in [2.05, 4.69) is 10.0 Å². The highest BCUT2D eigenvalue weighted by molar-refractivity contribution is 7.89. The number of rotatable bonds is 4. The maximum Gasteiger partial charge on any atom is 0.242 e. The van der Waals surface area contributed by atoms with E-state index < -0.39 is 10.0 Å². The van der Waals surface area contributed by atoms with Crippen LogP contribution in [-0.4, -0.2) is 14.3 Å². The summed E-state index contributed by atoms with van der Waals surface area (Å²) in [6.45, 7) is 1.86. The minimum Gasteiger partial charge on any atom is -0.469 e. The smallest absolute Gasteiger partial charge is 0.242 e. The lowest BCUT2D eigenvalue weighted by atomic mass is 10.1. The van der Waals surface area contributed by atoms with Crippen LogP contribution in [0.15, 0.2) is 33.8 Å². The van der Waals surface area contributed by atoms with Crippen molar-refractivity contribution in [3.8, 4) is 0 Å². The lowest BCUT2D eigenvalue weighted by Gasteiger charge is -2.13. The number of furan rings is 1. The monoisotopic (exact) mass is 368 g/mol. The van der Waals surface area contributed by atoms with Crippen LogP contribution >= 0.6 is 11.6 Å². The fourth-order valence-corrected chi connectivity index (χ4v) is 4.20. The Morgan fingerprint density at radius 3 is 2.83 bits per heavy atom. The van der Waals surface area contributed by atoms with Crippen molar-refractivity contribution in [3.63, 3.8) is 0 Å². The fraction of sp³-hybridized carbons (Fsp3) is 0.312. The van der Waals surface area contributed by atoms with E-state index in [1.807, 2.05) is 0 Å². The minimum absolute atomic E-state index is 0.0498. The molecule has 2 heterocycles. The molecule has 0 radical (unpaired) electrons.